The van der Waals surface area contributed by atoms with Crippen LogP contribution in [0.5, 0.6) is 0 Å². The minimum absolute atomic E-state index is 0.236. The van der Waals surface area contributed by atoms with E-state index in [2.05, 4.69) is 37.8 Å². The Balaban J connectivity index is 1.87. The summed E-state index contributed by atoms with van der Waals surface area (Å²) >= 11 is 4.01. The van der Waals surface area contributed by atoms with Gasteiger partial charge in [0.15, 0.2) is 5.17 Å². The second-order valence-electron chi connectivity index (χ2n) is 5.59. The third kappa shape index (κ3) is 4.09. The maximum absolute atomic E-state index is 4.92. The highest BCUT2D eigenvalue weighted by atomic mass is 32.2. The number of nitrogens with one attached hydrogen (secondary N) is 1. The summed E-state index contributed by atoms with van der Waals surface area (Å²) in [5, 5.41) is 5.62. The van der Waals surface area contributed by atoms with E-state index in [-0.39, 0.29) is 5.54 Å². The predicted molar refractivity (Wildman–Crippen MR) is 81.3 cm³/mol. The maximum atomic E-state index is 4.92. The highest BCUT2D eigenvalue weighted by Gasteiger charge is 2.28. The first-order valence-electron chi connectivity index (χ1n) is 6.69. The molecule has 1 saturated carbocycles. The van der Waals surface area contributed by atoms with Crippen molar-refractivity contribution in [3.8, 4) is 0 Å². The molecule has 98 valence electrons. The summed E-state index contributed by atoms with van der Waals surface area (Å²) in [6, 6.07) is 0.572. The van der Waals surface area contributed by atoms with Gasteiger partial charge in [0.1, 0.15) is 0 Å². The van der Waals surface area contributed by atoms with Gasteiger partial charge in [-0.1, -0.05) is 18.7 Å². The molecule has 0 aromatic rings. The number of rotatable bonds is 3. The molecule has 1 aliphatic carbocycles. The van der Waals surface area contributed by atoms with Gasteiger partial charge < -0.3 is 5.32 Å². The van der Waals surface area contributed by atoms with Gasteiger partial charge in [0.25, 0.3) is 0 Å². The normalized spacial score (nSPS) is 34.9. The molecular weight excluding hydrogens is 248 g/mol. The summed E-state index contributed by atoms with van der Waals surface area (Å²) < 4.78 is 0. The topological polar surface area (TPSA) is 24.4 Å². The molecule has 0 bridgehead atoms. The zero-order valence-corrected chi connectivity index (χ0v) is 12.8. The number of hydrogen-bond donors (Lipinski definition) is 1. The maximum Gasteiger partial charge on any atom is 0.157 e. The molecule has 1 heterocycles. The second-order valence-corrected chi connectivity index (χ2v) is 8.25. The van der Waals surface area contributed by atoms with Crippen LogP contribution in [0.4, 0.5) is 0 Å². The van der Waals surface area contributed by atoms with Gasteiger partial charge in [0.05, 0.1) is 6.04 Å². The fraction of sp³-hybridized carbons (Fsp3) is 0.923. The van der Waals surface area contributed by atoms with E-state index >= 15 is 0 Å². The minimum Gasteiger partial charge on any atom is -0.360 e. The first-order valence-corrected chi connectivity index (χ1v) is 8.73. The lowest BCUT2D eigenvalue weighted by Crippen LogP contribution is -2.46. The van der Waals surface area contributed by atoms with Crippen molar-refractivity contribution in [2.75, 3.05) is 11.5 Å². The van der Waals surface area contributed by atoms with E-state index in [9.17, 15) is 0 Å². The Hall–Kier alpha value is 0.170. The smallest absolute Gasteiger partial charge is 0.157 e. The molecular formula is C13H24N2S2. The van der Waals surface area contributed by atoms with Crippen LogP contribution >= 0.6 is 23.5 Å². The van der Waals surface area contributed by atoms with E-state index < -0.39 is 0 Å². The number of aliphatic imine (C=N–C) groups is 1. The molecule has 0 spiro atoms. The number of thioether (sulfide) groups is 2. The molecule has 2 atom stereocenters. The number of nitrogens with zero attached hydrogens (tertiary/aromatic N) is 1. The van der Waals surface area contributed by atoms with Crippen LogP contribution in [0, 0.1) is 0 Å². The summed E-state index contributed by atoms with van der Waals surface area (Å²) in [6.45, 7) is 6.80. The minimum atomic E-state index is 0.236. The number of amidine groups is 1. The highest BCUT2D eigenvalue weighted by molar-refractivity contribution is 8.13. The summed E-state index contributed by atoms with van der Waals surface area (Å²) in [6.07, 6.45) is 5.15. The van der Waals surface area contributed by atoms with Gasteiger partial charge in [0, 0.05) is 16.5 Å². The quantitative estimate of drug-likeness (QED) is 0.850. The van der Waals surface area contributed by atoms with Crippen LogP contribution in [0.1, 0.15) is 46.5 Å². The van der Waals surface area contributed by atoms with Crippen LogP contribution in [0.25, 0.3) is 0 Å². The van der Waals surface area contributed by atoms with E-state index in [1.165, 1.54) is 42.4 Å². The fourth-order valence-corrected chi connectivity index (χ4v) is 4.96. The average molecular weight is 272 g/mol. The van der Waals surface area contributed by atoms with Gasteiger partial charge in [-0.05, 0) is 45.3 Å². The molecule has 0 aromatic carbocycles. The lowest BCUT2D eigenvalue weighted by atomic mass is 10.0. The lowest BCUT2D eigenvalue weighted by Gasteiger charge is -2.32. The van der Waals surface area contributed by atoms with Crippen molar-refractivity contribution in [3.05, 3.63) is 0 Å². The van der Waals surface area contributed by atoms with E-state index in [0.29, 0.717) is 6.04 Å². The van der Waals surface area contributed by atoms with Crippen LogP contribution in [0.2, 0.25) is 0 Å². The molecule has 1 saturated heterocycles. The van der Waals surface area contributed by atoms with Gasteiger partial charge in [-0.15, -0.1) is 0 Å². The third-order valence-corrected chi connectivity index (χ3v) is 5.59. The Morgan fingerprint density at radius 3 is 3.00 bits per heavy atom. The van der Waals surface area contributed by atoms with Crippen molar-refractivity contribution in [1.29, 1.82) is 0 Å². The zero-order chi connectivity index (χ0) is 12.3. The monoisotopic (exact) mass is 272 g/mol. The molecule has 1 N–H and O–H groups in total. The standard InChI is InChI=1S/C13H24N2S2/c1-4-16-11-6-5-10(9-11)14-12-15-13(2,3)7-8-17-12/h10-11H,4-9H2,1-3H3,(H,14,15). The molecule has 2 nitrogen and oxygen atoms in total. The molecule has 2 rings (SSSR count). The van der Waals surface area contributed by atoms with Gasteiger partial charge in [0.2, 0.25) is 0 Å². The Morgan fingerprint density at radius 1 is 1.47 bits per heavy atom. The highest BCUT2D eigenvalue weighted by Crippen LogP contribution is 2.32. The molecule has 2 fully saturated rings. The molecule has 0 amide bonds. The van der Waals surface area contributed by atoms with E-state index in [0.717, 1.165) is 5.25 Å². The molecule has 4 heteroatoms. The van der Waals surface area contributed by atoms with Crippen LogP contribution in [-0.4, -0.2) is 33.5 Å². The molecule has 0 aromatic heterocycles. The molecule has 17 heavy (non-hydrogen) atoms. The van der Waals surface area contributed by atoms with Crippen molar-refractivity contribution >= 4 is 28.7 Å². The summed E-state index contributed by atoms with van der Waals surface area (Å²) in [5.41, 5.74) is 0.236. The van der Waals surface area contributed by atoms with Crippen LogP contribution < -0.4 is 5.32 Å². The van der Waals surface area contributed by atoms with Gasteiger partial charge >= 0.3 is 0 Å². The lowest BCUT2D eigenvalue weighted by molar-refractivity contribution is 0.445. The first kappa shape index (κ1) is 13.6. The summed E-state index contributed by atoms with van der Waals surface area (Å²) in [4.78, 5) is 4.92. The largest absolute Gasteiger partial charge is 0.360 e. The Bertz CT molecular complexity index is 289. The Labute approximate surface area is 114 Å². The van der Waals surface area contributed by atoms with Gasteiger partial charge in [-0.2, -0.15) is 11.8 Å². The van der Waals surface area contributed by atoms with Crippen molar-refractivity contribution in [2.24, 2.45) is 4.99 Å². The van der Waals surface area contributed by atoms with Crippen molar-refractivity contribution in [2.45, 2.75) is 63.3 Å². The van der Waals surface area contributed by atoms with Crippen molar-refractivity contribution in [1.82, 2.24) is 5.32 Å². The zero-order valence-electron chi connectivity index (χ0n) is 11.2. The molecule has 2 unspecified atom stereocenters. The first-order chi connectivity index (χ1) is 8.09. The average Bonchev–Trinajstić information content (AvgIpc) is 2.64. The van der Waals surface area contributed by atoms with E-state index in [4.69, 9.17) is 4.99 Å². The Morgan fingerprint density at radius 2 is 2.29 bits per heavy atom. The van der Waals surface area contributed by atoms with Gasteiger partial charge in [-0.25, -0.2) is 0 Å². The SMILES string of the molecule is CCSC1CCC(N=C2NC(C)(C)CCS2)C1. The summed E-state index contributed by atoms with van der Waals surface area (Å²) in [5.74, 6) is 2.45. The van der Waals surface area contributed by atoms with Crippen LogP contribution in [0.3, 0.4) is 0 Å². The van der Waals surface area contributed by atoms with Crippen LogP contribution in [0.15, 0.2) is 4.99 Å². The molecule has 1 aliphatic heterocycles. The van der Waals surface area contributed by atoms with Crippen molar-refractivity contribution in [3.63, 3.8) is 0 Å². The third-order valence-electron chi connectivity index (χ3n) is 3.47. The van der Waals surface area contributed by atoms with Crippen molar-refractivity contribution < 1.29 is 0 Å². The van der Waals surface area contributed by atoms with E-state index in [1.54, 1.807) is 0 Å². The fourth-order valence-electron chi connectivity index (χ4n) is 2.45. The second kappa shape index (κ2) is 5.87. The van der Waals surface area contributed by atoms with Gasteiger partial charge in [-0.3, -0.25) is 4.99 Å². The molecule has 2 aliphatic rings. The predicted octanol–water partition coefficient (Wildman–Crippen LogP) is 3.52. The summed E-state index contributed by atoms with van der Waals surface area (Å²) in [7, 11) is 0. The van der Waals surface area contributed by atoms with Crippen LogP contribution in [-0.2, 0) is 0 Å². The number of hydrogen-bond acceptors (Lipinski definition) is 3. The molecule has 0 radical (unpaired) electrons. The Kier molecular flexibility index (Phi) is 4.70. The van der Waals surface area contributed by atoms with E-state index in [1.807, 2.05) is 11.8 Å².